The summed E-state index contributed by atoms with van der Waals surface area (Å²) in [5.41, 5.74) is 1.88. The minimum Gasteiger partial charge on any atom is -0.333 e. The van der Waals surface area contributed by atoms with Crippen LogP contribution in [0, 0.1) is 0 Å². The maximum atomic E-state index is 11.9. The summed E-state index contributed by atoms with van der Waals surface area (Å²) in [7, 11) is 0. The molecular weight excluding hydrogens is 307 g/mol. The summed E-state index contributed by atoms with van der Waals surface area (Å²) in [5, 5.41) is 6.18. The molecule has 3 nitrogen and oxygen atoms in total. The van der Waals surface area contributed by atoms with Crippen molar-refractivity contribution in [1.82, 2.24) is 0 Å². The number of carbonyl (C=O) groups is 1. The lowest BCUT2D eigenvalue weighted by molar-refractivity contribution is -0.682. The molecule has 0 unspecified atom stereocenters. The molecule has 110 valence electrons. The van der Waals surface area contributed by atoms with Gasteiger partial charge in [-0.25, -0.2) is 0 Å². The summed E-state index contributed by atoms with van der Waals surface area (Å²) >= 11 is 11.7. The third-order valence-electron chi connectivity index (χ3n) is 3.18. The zero-order valence-corrected chi connectivity index (χ0v) is 13.2. The Morgan fingerprint density at radius 2 is 1.57 bits per heavy atom. The molecule has 0 aliphatic carbocycles. The Morgan fingerprint density at radius 3 is 2.14 bits per heavy atom. The summed E-state index contributed by atoms with van der Waals surface area (Å²) < 4.78 is 0. The summed E-state index contributed by atoms with van der Waals surface area (Å²) in [6.45, 7) is 2.41. The van der Waals surface area contributed by atoms with Gasteiger partial charge in [0.2, 0.25) is 0 Å². The van der Waals surface area contributed by atoms with Gasteiger partial charge in [-0.1, -0.05) is 35.3 Å². The van der Waals surface area contributed by atoms with Crippen molar-refractivity contribution in [2.75, 3.05) is 11.9 Å². The van der Waals surface area contributed by atoms with Crippen LogP contribution in [-0.4, -0.2) is 12.5 Å². The normalized spacial score (nSPS) is 12.0. The summed E-state index contributed by atoms with van der Waals surface area (Å²) in [6.07, 6.45) is 0. The molecule has 0 spiro atoms. The molecule has 2 rings (SSSR count). The first kappa shape index (κ1) is 15.8. The average molecular weight is 324 g/mol. The number of rotatable bonds is 5. The maximum Gasteiger partial charge on any atom is 0.279 e. The van der Waals surface area contributed by atoms with Crippen molar-refractivity contribution in [2.45, 2.75) is 13.0 Å². The van der Waals surface area contributed by atoms with E-state index in [1.165, 1.54) is 0 Å². The second-order valence-electron chi connectivity index (χ2n) is 4.84. The van der Waals surface area contributed by atoms with E-state index in [0.29, 0.717) is 16.6 Å². The van der Waals surface area contributed by atoms with Crippen molar-refractivity contribution in [3.8, 4) is 0 Å². The number of halogens is 2. The Labute approximate surface area is 134 Å². The highest BCUT2D eigenvalue weighted by Gasteiger charge is 2.11. The van der Waals surface area contributed by atoms with Crippen LogP contribution < -0.4 is 10.6 Å². The van der Waals surface area contributed by atoms with E-state index in [9.17, 15) is 4.79 Å². The number of anilines is 1. The molecule has 0 saturated heterocycles. The fraction of sp³-hybridized carbons (Fsp3) is 0.188. The van der Waals surface area contributed by atoms with E-state index >= 15 is 0 Å². The number of nitrogens with one attached hydrogen (secondary N) is 1. The molecular formula is C16H17Cl2N2O+. The molecule has 2 aromatic rings. The minimum atomic E-state index is -0.0434. The SMILES string of the molecule is C[C@H]([NH2+]CC(=O)Nc1ccc(Cl)cc1)c1ccc(Cl)cc1. The first-order valence-corrected chi connectivity index (χ1v) is 7.44. The fourth-order valence-corrected chi connectivity index (χ4v) is 2.18. The van der Waals surface area contributed by atoms with Gasteiger partial charge in [-0.15, -0.1) is 0 Å². The molecule has 1 atom stereocenters. The van der Waals surface area contributed by atoms with E-state index in [1.807, 2.05) is 29.6 Å². The molecule has 0 radical (unpaired) electrons. The molecule has 1 amide bonds. The van der Waals surface area contributed by atoms with E-state index in [2.05, 4.69) is 12.2 Å². The van der Waals surface area contributed by atoms with Gasteiger partial charge in [0.15, 0.2) is 6.54 Å². The summed E-state index contributed by atoms with van der Waals surface area (Å²) in [4.78, 5) is 11.9. The van der Waals surface area contributed by atoms with Gasteiger partial charge in [0, 0.05) is 21.3 Å². The number of nitrogens with two attached hydrogens (primary N) is 1. The van der Waals surface area contributed by atoms with Crippen LogP contribution in [0.1, 0.15) is 18.5 Å². The van der Waals surface area contributed by atoms with Gasteiger partial charge in [-0.05, 0) is 43.3 Å². The number of hydrogen-bond donors (Lipinski definition) is 2. The summed E-state index contributed by atoms with van der Waals surface area (Å²) in [6, 6.07) is 14.9. The van der Waals surface area contributed by atoms with Gasteiger partial charge in [-0.3, -0.25) is 4.79 Å². The van der Waals surface area contributed by atoms with Crippen molar-refractivity contribution < 1.29 is 10.1 Å². The molecule has 0 aliphatic rings. The zero-order valence-electron chi connectivity index (χ0n) is 11.6. The lowest BCUT2D eigenvalue weighted by Gasteiger charge is -2.11. The number of hydrogen-bond acceptors (Lipinski definition) is 1. The van der Waals surface area contributed by atoms with Crippen molar-refractivity contribution >= 4 is 34.8 Å². The monoisotopic (exact) mass is 323 g/mol. The first-order chi connectivity index (χ1) is 10.0. The van der Waals surface area contributed by atoms with Crippen molar-refractivity contribution in [1.29, 1.82) is 0 Å². The topological polar surface area (TPSA) is 45.7 Å². The number of amides is 1. The number of benzene rings is 2. The lowest BCUT2D eigenvalue weighted by atomic mass is 10.1. The second-order valence-corrected chi connectivity index (χ2v) is 5.71. The van der Waals surface area contributed by atoms with Gasteiger partial charge >= 0.3 is 0 Å². The quantitative estimate of drug-likeness (QED) is 0.871. The van der Waals surface area contributed by atoms with Crippen LogP contribution in [0.4, 0.5) is 5.69 Å². The smallest absolute Gasteiger partial charge is 0.279 e. The van der Waals surface area contributed by atoms with E-state index < -0.39 is 0 Å². The number of quaternary nitrogens is 1. The highest BCUT2D eigenvalue weighted by atomic mass is 35.5. The summed E-state index contributed by atoms with van der Waals surface area (Å²) in [5.74, 6) is -0.0434. The third-order valence-corrected chi connectivity index (χ3v) is 3.68. The predicted molar refractivity (Wildman–Crippen MR) is 86.7 cm³/mol. The molecule has 0 bridgehead atoms. The van der Waals surface area contributed by atoms with Crippen molar-refractivity contribution in [3.63, 3.8) is 0 Å². The highest BCUT2D eigenvalue weighted by Crippen LogP contribution is 2.14. The molecule has 0 aromatic heterocycles. The Hall–Kier alpha value is -1.55. The van der Waals surface area contributed by atoms with E-state index in [0.717, 1.165) is 11.3 Å². The van der Waals surface area contributed by atoms with E-state index in [-0.39, 0.29) is 11.9 Å². The fourth-order valence-electron chi connectivity index (χ4n) is 1.93. The Morgan fingerprint density at radius 1 is 1.05 bits per heavy atom. The van der Waals surface area contributed by atoms with Crippen LogP contribution in [0.25, 0.3) is 0 Å². The third kappa shape index (κ3) is 5.05. The predicted octanol–water partition coefficient (Wildman–Crippen LogP) is 3.26. The standard InChI is InChI=1S/C16H16Cl2N2O/c1-11(12-2-4-13(17)5-3-12)19-10-16(21)20-15-8-6-14(18)7-9-15/h2-9,11,19H,10H2,1H3,(H,20,21)/p+1/t11-/m0/s1. The Kier molecular flexibility index (Phi) is 5.62. The van der Waals surface area contributed by atoms with Crippen LogP contribution in [-0.2, 0) is 4.79 Å². The van der Waals surface area contributed by atoms with Gasteiger partial charge in [-0.2, -0.15) is 0 Å². The molecule has 21 heavy (non-hydrogen) atoms. The molecule has 5 heteroatoms. The number of carbonyl (C=O) groups excluding carboxylic acids is 1. The molecule has 0 heterocycles. The van der Waals surface area contributed by atoms with Gasteiger partial charge in [0.1, 0.15) is 6.04 Å². The van der Waals surface area contributed by atoms with Gasteiger partial charge < -0.3 is 10.6 Å². The first-order valence-electron chi connectivity index (χ1n) is 6.69. The molecule has 3 N–H and O–H groups in total. The van der Waals surface area contributed by atoms with E-state index in [4.69, 9.17) is 23.2 Å². The van der Waals surface area contributed by atoms with Crippen molar-refractivity contribution in [3.05, 3.63) is 64.1 Å². The lowest BCUT2D eigenvalue weighted by Crippen LogP contribution is -2.86. The van der Waals surface area contributed by atoms with Crippen LogP contribution in [0.5, 0.6) is 0 Å². The van der Waals surface area contributed by atoms with E-state index in [1.54, 1.807) is 24.3 Å². The van der Waals surface area contributed by atoms with Crippen LogP contribution in [0.3, 0.4) is 0 Å². The average Bonchev–Trinajstić information content (AvgIpc) is 2.48. The van der Waals surface area contributed by atoms with Gasteiger partial charge in [0.25, 0.3) is 5.91 Å². The van der Waals surface area contributed by atoms with Gasteiger partial charge in [0.05, 0.1) is 0 Å². The zero-order chi connectivity index (χ0) is 15.2. The Bertz CT molecular complexity index is 597. The highest BCUT2D eigenvalue weighted by molar-refractivity contribution is 6.30. The van der Waals surface area contributed by atoms with Crippen LogP contribution in [0.15, 0.2) is 48.5 Å². The van der Waals surface area contributed by atoms with Crippen LogP contribution >= 0.6 is 23.2 Å². The molecule has 0 fully saturated rings. The molecule has 0 aliphatic heterocycles. The molecule has 0 saturated carbocycles. The largest absolute Gasteiger partial charge is 0.333 e. The Balaban J connectivity index is 1.83. The van der Waals surface area contributed by atoms with Crippen LogP contribution in [0.2, 0.25) is 10.0 Å². The second kappa shape index (κ2) is 7.46. The maximum absolute atomic E-state index is 11.9. The van der Waals surface area contributed by atoms with Crippen molar-refractivity contribution in [2.24, 2.45) is 0 Å². The minimum absolute atomic E-state index is 0.0434. The molecule has 2 aromatic carbocycles.